The third-order valence-electron chi connectivity index (χ3n) is 3.12. The van der Waals surface area contributed by atoms with E-state index in [2.05, 4.69) is 0 Å². The molecule has 0 saturated carbocycles. The number of ether oxygens (including phenoxy) is 1. The lowest BCUT2D eigenvalue weighted by Crippen LogP contribution is -2.05. The lowest BCUT2D eigenvalue weighted by atomic mass is 10.1. The molecule has 2 aromatic rings. The van der Waals surface area contributed by atoms with Crippen molar-refractivity contribution in [2.75, 3.05) is 0 Å². The van der Waals surface area contributed by atoms with Gasteiger partial charge in [0, 0.05) is 21.7 Å². The summed E-state index contributed by atoms with van der Waals surface area (Å²) in [5, 5.41) is 1.30. The van der Waals surface area contributed by atoms with Crippen LogP contribution in [-0.2, 0) is 6.61 Å². The van der Waals surface area contributed by atoms with Gasteiger partial charge in [-0.1, -0.05) is 35.3 Å². The Hall–Kier alpha value is -1.22. The van der Waals surface area contributed by atoms with Gasteiger partial charge < -0.3 is 10.5 Å². The fourth-order valence-electron chi connectivity index (χ4n) is 1.93. The van der Waals surface area contributed by atoms with Crippen LogP contribution in [0.4, 0.5) is 0 Å². The molecule has 0 bridgehead atoms. The fraction of sp³-hybridized carbons (Fsp3) is 0.250. The zero-order valence-corrected chi connectivity index (χ0v) is 13.0. The average Bonchev–Trinajstić information content (AvgIpc) is 2.40. The van der Waals surface area contributed by atoms with Gasteiger partial charge in [0.2, 0.25) is 0 Å². The molecule has 2 aromatic carbocycles. The molecule has 0 heterocycles. The molecule has 0 spiro atoms. The summed E-state index contributed by atoms with van der Waals surface area (Å²) in [6.45, 7) is 4.35. The lowest BCUT2D eigenvalue weighted by molar-refractivity contribution is 0.304. The van der Waals surface area contributed by atoms with Crippen LogP contribution in [0.25, 0.3) is 0 Å². The molecule has 0 saturated heterocycles. The Kier molecular flexibility index (Phi) is 4.92. The zero-order valence-electron chi connectivity index (χ0n) is 11.5. The van der Waals surface area contributed by atoms with Gasteiger partial charge >= 0.3 is 0 Å². The van der Waals surface area contributed by atoms with E-state index in [0.717, 1.165) is 22.4 Å². The molecular weight excluding hydrogens is 293 g/mol. The first-order chi connectivity index (χ1) is 9.47. The van der Waals surface area contributed by atoms with Crippen LogP contribution in [0.15, 0.2) is 36.4 Å². The molecule has 0 fully saturated rings. The molecule has 2 N–H and O–H groups in total. The summed E-state index contributed by atoms with van der Waals surface area (Å²) in [4.78, 5) is 0. The molecule has 4 heteroatoms. The van der Waals surface area contributed by atoms with Crippen molar-refractivity contribution in [2.45, 2.75) is 26.5 Å². The van der Waals surface area contributed by atoms with Crippen LogP contribution in [0.2, 0.25) is 10.0 Å². The zero-order chi connectivity index (χ0) is 14.7. The van der Waals surface area contributed by atoms with Gasteiger partial charge in [-0.15, -0.1) is 0 Å². The molecule has 0 aromatic heterocycles. The van der Waals surface area contributed by atoms with Gasteiger partial charge in [-0.25, -0.2) is 0 Å². The average molecular weight is 310 g/mol. The van der Waals surface area contributed by atoms with Crippen LogP contribution < -0.4 is 10.5 Å². The van der Waals surface area contributed by atoms with Crippen molar-refractivity contribution in [1.29, 1.82) is 0 Å². The summed E-state index contributed by atoms with van der Waals surface area (Å²) in [6.07, 6.45) is 0. The topological polar surface area (TPSA) is 35.2 Å². The Morgan fingerprint density at radius 3 is 2.55 bits per heavy atom. The summed E-state index contributed by atoms with van der Waals surface area (Å²) in [5.74, 6) is 0.824. The summed E-state index contributed by atoms with van der Waals surface area (Å²) >= 11 is 12.1. The minimum Gasteiger partial charge on any atom is -0.489 e. The maximum atomic E-state index is 6.11. The molecule has 0 unspecified atom stereocenters. The summed E-state index contributed by atoms with van der Waals surface area (Å²) < 4.78 is 5.81. The largest absolute Gasteiger partial charge is 0.489 e. The van der Waals surface area contributed by atoms with Crippen molar-refractivity contribution < 1.29 is 4.74 Å². The highest BCUT2D eigenvalue weighted by molar-refractivity contribution is 6.33. The highest BCUT2D eigenvalue weighted by atomic mass is 35.5. The second kappa shape index (κ2) is 6.49. The Morgan fingerprint density at radius 1 is 1.15 bits per heavy atom. The van der Waals surface area contributed by atoms with E-state index in [0.29, 0.717) is 16.7 Å². The van der Waals surface area contributed by atoms with Crippen LogP contribution in [0.3, 0.4) is 0 Å². The van der Waals surface area contributed by atoms with E-state index in [-0.39, 0.29) is 6.04 Å². The molecule has 106 valence electrons. The predicted octanol–water partition coefficient (Wildman–Crippen LogP) is 4.90. The number of halogens is 2. The van der Waals surface area contributed by atoms with Gasteiger partial charge in [-0.3, -0.25) is 0 Å². The third kappa shape index (κ3) is 3.66. The molecule has 0 aliphatic heterocycles. The smallest absolute Gasteiger partial charge is 0.122 e. The highest BCUT2D eigenvalue weighted by Gasteiger charge is 2.06. The Morgan fingerprint density at radius 2 is 1.90 bits per heavy atom. The normalized spacial score (nSPS) is 12.2. The van der Waals surface area contributed by atoms with E-state index in [1.807, 2.05) is 38.1 Å². The SMILES string of the molecule is Cc1cc([C@H](C)N)ccc1OCc1cc(Cl)ccc1Cl. The lowest BCUT2D eigenvalue weighted by Gasteiger charge is -2.13. The third-order valence-corrected chi connectivity index (χ3v) is 3.72. The number of hydrogen-bond donors (Lipinski definition) is 1. The first-order valence-electron chi connectivity index (χ1n) is 6.40. The molecule has 20 heavy (non-hydrogen) atoms. The Labute approximate surface area is 129 Å². The van der Waals surface area contributed by atoms with Gasteiger partial charge in [0.05, 0.1) is 0 Å². The van der Waals surface area contributed by atoms with Crippen LogP contribution in [0, 0.1) is 6.92 Å². The molecular formula is C16H17Cl2NO. The molecule has 0 aliphatic rings. The van der Waals surface area contributed by atoms with Gasteiger partial charge in [-0.2, -0.15) is 0 Å². The number of hydrogen-bond acceptors (Lipinski definition) is 2. The number of benzene rings is 2. The summed E-state index contributed by atoms with van der Waals surface area (Å²) in [6, 6.07) is 11.3. The van der Waals surface area contributed by atoms with E-state index >= 15 is 0 Å². The molecule has 1 atom stereocenters. The van der Waals surface area contributed by atoms with E-state index in [1.54, 1.807) is 12.1 Å². The van der Waals surface area contributed by atoms with Crippen molar-refractivity contribution in [2.24, 2.45) is 5.73 Å². The van der Waals surface area contributed by atoms with Crippen LogP contribution in [0.1, 0.15) is 29.7 Å². The van der Waals surface area contributed by atoms with Crippen molar-refractivity contribution in [1.82, 2.24) is 0 Å². The fourth-order valence-corrected chi connectivity index (χ4v) is 2.29. The summed E-state index contributed by atoms with van der Waals surface area (Å²) in [7, 11) is 0. The first kappa shape index (κ1) is 15.2. The van der Waals surface area contributed by atoms with Crippen molar-refractivity contribution in [3.63, 3.8) is 0 Å². The Bertz CT molecular complexity index is 611. The van der Waals surface area contributed by atoms with Gasteiger partial charge in [0.1, 0.15) is 12.4 Å². The van der Waals surface area contributed by atoms with Gasteiger partial charge in [0.15, 0.2) is 0 Å². The van der Waals surface area contributed by atoms with Crippen LogP contribution >= 0.6 is 23.2 Å². The highest BCUT2D eigenvalue weighted by Crippen LogP contribution is 2.25. The number of nitrogens with two attached hydrogens (primary N) is 1. The van der Waals surface area contributed by atoms with Crippen LogP contribution in [0.5, 0.6) is 5.75 Å². The summed E-state index contributed by atoms with van der Waals surface area (Å²) in [5.41, 5.74) is 8.88. The van der Waals surface area contributed by atoms with Crippen molar-refractivity contribution >= 4 is 23.2 Å². The van der Waals surface area contributed by atoms with Crippen molar-refractivity contribution in [3.05, 3.63) is 63.1 Å². The van der Waals surface area contributed by atoms with Crippen LogP contribution in [-0.4, -0.2) is 0 Å². The molecule has 2 nitrogen and oxygen atoms in total. The van der Waals surface area contributed by atoms with E-state index in [9.17, 15) is 0 Å². The quantitative estimate of drug-likeness (QED) is 0.871. The van der Waals surface area contributed by atoms with Gasteiger partial charge in [-0.05, 0) is 49.2 Å². The second-order valence-corrected chi connectivity index (χ2v) is 5.68. The maximum Gasteiger partial charge on any atom is 0.122 e. The van der Waals surface area contributed by atoms with Crippen molar-refractivity contribution in [3.8, 4) is 5.75 Å². The molecule has 0 aliphatic carbocycles. The van der Waals surface area contributed by atoms with Gasteiger partial charge in [0.25, 0.3) is 0 Å². The second-order valence-electron chi connectivity index (χ2n) is 4.84. The molecule has 2 rings (SSSR count). The first-order valence-corrected chi connectivity index (χ1v) is 7.16. The van der Waals surface area contributed by atoms with E-state index in [1.165, 1.54) is 0 Å². The maximum absolute atomic E-state index is 6.11. The monoisotopic (exact) mass is 309 g/mol. The Balaban J connectivity index is 2.13. The molecule has 0 radical (unpaired) electrons. The van der Waals surface area contributed by atoms with E-state index < -0.39 is 0 Å². The minimum absolute atomic E-state index is 0.0186. The number of aryl methyl sites for hydroxylation is 1. The predicted molar refractivity (Wildman–Crippen MR) is 84.6 cm³/mol. The van der Waals surface area contributed by atoms with E-state index in [4.69, 9.17) is 33.7 Å². The molecule has 0 amide bonds. The standard InChI is InChI=1S/C16H17Cl2NO/c1-10-7-12(11(2)19)3-6-16(10)20-9-13-8-14(17)4-5-15(13)18/h3-8,11H,9,19H2,1-2H3/t11-/m0/s1. The minimum atomic E-state index is 0.0186. The number of rotatable bonds is 4.